The van der Waals surface area contributed by atoms with Gasteiger partial charge in [-0.25, -0.2) is 4.98 Å². The number of hydrogen-bond acceptors (Lipinski definition) is 6. The maximum absolute atomic E-state index is 14.3. The first-order chi connectivity index (χ1) is 15.6. The number of amides is 1. The molecule has 0 unspecified atom stereocenters. The molecule has 33 heavy (non-hydrogen) atoms. The number of morpholine rings is 1. The first-order valence-corrected chi connectivity index (χ1v) is 14.2. The number of hydrogen-bond donors (Lipinski definition) is 0. The SMILES string of the molecule is CSc1ccc2nc(N(CCN3CCOCC3)C(=O)C34CC5CC(CC(C5)C3)C4)sc2c1.Cl. The molecule has 0 spiro atoms. The third-order valence-electron chi connectivity index (χ3n) is 8.30. The fraction of sp³-hybridized carbons (Fsp3) is 0.680. The number of carbonyl (C=O) groups is 1. The normalized spacial score (nSPS) is 31.0. The number of halogens is 1. The van der Waals surface area contributed by atoms with Gasteiger partial charge in [0, 0.05) is 31.1 Å². The van der Waals surface area contributed by atoms with Crippen molar-refractivity contribution in [2.24, 2.45) is 23.2 Å². The van der Waals surface area contributed by atoms with Crippen molar-refractivity contribution in [3.8, 4) is 0 Å². The highest BCUT2D eigenvalue weighted by Gasteiger charge is 2.56. The molecule has 2 heterocycles. The van der Waals surface area contributed by atoms with Crippen LogP contribution in [0, 0.1) is 23.2 Å². The van der Waals surface area contributed by atoms with Gasteiger partial charge in [0.2, 0.25) is 5.91 Å². The van der Waals surface area contributed by atoms with Crippen molar-refractivity contribution in [3.05, 3.63) is 18.2 Å². The lowest BCUT2D eigenvalue weighted by Gasteiger charge is -2.56. The molecule has 5 aliphatic rings. The Kier molecular flexibility index (Phi) is 6.98. The van der Waals surface area contributed by atoms with Crippen LogP contribution in [0.5, 0.6) is 0 Å². The molecule has 180 valence electrons. The van der Waals surface area contributed by atoms with E-state index in [1.165, 1.54) is 28.9 Å². The Balaban J connectivity index is 0.00000228. The minimum absolute atomic E-state index is 0. The molecular weight excluding hydrogens is 474 g/mol. The number of rotatable bonds is 6. The van der Waals surface area contributed by atoms with E-state index < -0.39 is 0 Å². The Bertz CT molecular complexity index is 971. The first-order valence-electron chi connectivity index (χ1n) is 12.2. The zero-order chi connectivity index (χ0) is 21.7. The molecule has 7 rings (SSSR count). The summed E-state index contributed by atoms with van der Waals surface area (Å²) in [5.41, 5.74) is 0.875. The van der Waals surface area contributed by atoms with E-state index in [1.54, 1.807) is 23.1 Å². The Morgan fingerprint density at radius 2 is 1.85 bits per heavy atom. The summed E-state index contributed by atoms with van der Waals surface area (Å²) in [5.74, 6) is 2.68. The van der Waals surface area contributed by atoms with Gasteiger partial charge in [-0.2, -0.15) is 0 Å². The predicted molar refractivity (Wildman–Crippen MR) is 139 cm³/mol. The van der Waals surface area contributed by atoms with Crippen LogP contribution >= 0.6 is 35.5 Å². The number of benzene rings is 1. The van der Waals surface area contributed by atoms with E-state index in [2.05, 4.69) is 34.3 Å². The highest BCUT2D eigenvalue weighted by molar-refractivity contribution is 7.98. The van der Waals surface area contributed by atoms with Crippen molar-refractivity contribution in [2.75, 3.05) is 50.5 Å². The maximum atomic E-state index is 14.3. The molecule has 4 bridgehead atoms. The lowest BCUT2D eigenvalue weighted by atomic mass is 9.49. The summed E-state index contributed by atoms with van der Waals surface area (Å²) >= 11 is 3.45. The van der Waals surface area contributed by atoms with Gasteiger partial charge in [0.25, 0.3) is 0 Å². The Labute approximate surface area is 211 Å². The van der Waals surface area contributed by atoms with Gasteiger partial charge in [-0.15, -0.1) is 24.2 Å². The van der Waals surface area contributed by atoms with Crippen LogP contribution in [-0.2, 0) is 9.53 Å². The molecule has 5 fully saturated rings. The lowest BCUT2D eigenvalue weighted by Crippen LogP contribution is -2.56. The van der Waals surface area contributed by atoms with Gasteiger partial charge >= 0.3 is 0 Å². The quantitative estimate of drug-likeness (QED) is 0.495. The molecule has 5 nitrogen and oxygen atoms in total. The fourth-order valence-corrected chi connectivity index (χ4v) is 8.69. The van der Waals surface area contributed by atoms with Crippen molar-refractivity contribution in [1.29, 1.82) is 0 Å². The molecular formula is C25H34ClN3O2S2. The van der Waals surface area contributed by atoms with E-state index in [0.717, 1.165) is 87.1 Å². The molecule has 1 aliphatic heterocycles. The third kappa shape index (κ3) is 4.56. The summed E-state index contributed by atoms with van der Waals surface area (Å²) in [5, 5.41) is 0.896. The van der Waals surface area contributed by atoms with Crippen LogP contribution in [0.3, 0.4) is 0 Å². The van der Waals surface area contributed by atoms with Crippen LogP contribution in [0.25, 0.3) is 10.2 Å². The second-order valence-corrected chi connectivity index (χ2v) is 12.3. The standard InChI is InChI=1S/C25H33N3O2S2.ClH/c1-31-20-2-3-21-22(13-20)32-24(26-21)28(5-4-27-6-8-30-9-7-27)23(29)25-14-17-10-18(15-25)12-19(11-17)16-25;/h2-3,13,17-19H,4-12,14-16H2,1H3;1H. The average Bonchev–Trinajstić information content (AvgIpc) is 3.22. The minimum Gasteiger partial charge on any atom is -0.379 e. The van der Waals surface area contributed by atoms with E-state index >= 15 is 0 Å². The van der Waals surface area contributed by atoms with E-state index in [0.29, 0.717) is 5.91 Å². The zero-order valence-corrected chi connectivity index (χ0v) is 21.8. The van der Waals surface area contributed by atoms with Crippen LogP contribution in [0.2, 0.25) is 0 Å². The first kappa shape index (κ1) is 23.9. The van der Waals surface area contributed by atoms with Crippen molar-refractivity contribution in [1.82, 2.24) is 9.88 Å². The maximum Gasteiger partial charge on any atom is 0.235 e. The van der Waals surface area contributed by atoms with Crippen LogP contribution in [0.4, 0.5) is 5.13 Å². The van der Waals surface area contributed by atoms with Crippen molar-refractivity contribution in [3.63, 3.8) is 0 Å². The molecule has 4 saturated carbocycles. The van der Waals surface area contributed by atoms with Gasteiger partial charge in [0.1, 0.15) is 0 Å². The highest BCUT2D eigenvalue weighted by Crippen LogP contribution is 2.60. The molecule has 0 N–H and O–H groups in total. The summed E-state index contributed by atoms with van der Waals surface area (Å²) in [4.78, 5) is 25.1. The molecule has 1 saturated heterocycles. The van der Waals surface area contributed by atoms with Gasteiger partial charge in [-0.05, 0) is 80.7 Å². The van der Waals surface area contributed by atoms with Crippen LogP contribution < -0.4 is 4.90 Å². The van der Waals surface area contributed by atoms with Gasteiger partial charge in [-0.3, -0.25) is 14.6 Å². The lowest BCUT2D eigenvalue weighted by molar-refractivity contribution is -0.143. The van der Waals surface area contributed by atoms with E-state index in [1.807, 2.05) is 0 Å². The molecule has 1 amide bonds. The van der Waals surface area contributed by atoms with Crippen LogP contribution in [-0.4, -0.2) is 61.4 Å². The monoisotopic (exact) mass is 507 g/mol. The van der Waals surface area contributed by atoms with Crippen molar-refractivity contribution < 1.29 is 9.53 Å². The largest absolute Gasteiger partial charge is 0.379 e. The summed E-state index contributed by atoms with van der Waals surface area (Å²) in [6, 6.07) is 6.46. The van der Waals surface area contributed by atoms with Crippen LogP contribution in [0.1, 0.15) is 38.5 Å². The third-order valence-corrected chi connectivity index (χ3v) is 10.1. The molecule has 1 aromatic carbocycles. The Morgan fingerprint density at radius 1 is 1.18 bits per heavy atom. The number of carbonyl (C=O) groups excluding carboxylic acids is 1. The van der Waals surface area contributed by atoms with E-state index in [-0.39, 0.29) is 17.8 Å². The smallest absolute Gasteiger partial charge is 0.235 e. The van der Waals surface area contributed by atoms with Gasteiger partial charge in [-0.1, -0.05) is 11.3 Å². The average molecular weight is 508 g/mol. The number of thiazole rings is 1. The number of nitrogens with zero attached hydrogens (tertiary/aromatic N) is 3. The number of anilines is 1. The topological polar surface area (TPSA) is 45.7 Å². The highest BCUT2D eigenvalue weighted by atomic mass is 35.5. The summed E-state index contributed by atoms with van der Waals surface area (Å²) in [6.45, 7) is 5.12. The molecule has 0 atom stereocenters. The number of ether oxygens (including phenoxy) is 1. The Hall–Kier alpha value is -0.860. The number of aromatic nitrogens is 1. The second kappa shape index (κ2) is 9.65. The fourth-order valence-electron chi connectivity index (χ4n) is 7.14. The summed E-state index contributed by atoms with van der Waals surface area (Å²) < 4.78 is 6.71. The molecule has 4 aliphatic carbocycles. The second-order valence-electron chi connectivity index (χ2n) is 10.4. The van der Waals surface area contributed by atoms with Gasteiger partial charge in [0.05, 0.1) is 28.8 Å². The molecule has 8 heteroatoms. The van der Waals surface area contributed by atoms with Crippen molar-refractivity contribution >= 4 is 56.8 Å². The summed E-state index contributed by atoms with van der Waals surface area (Å²) in [6.07, 6.45) is 9.50. The minimum atomic E-state index is -0.137. The van der Waals surface area contributed by atoms with E-state index in [9.17, 15) is 4.79 Å². The molecule has 0 radical (unpaired) electrons. The van der Waals surface area contributed by atoms with Crippen LogP contribution in [0.15, 0.2) is 23.1 Å². The molecule has 2 aromatic rings. The number of thioether (sulfide) groups is 1. The van der Waals surface area contributed by atoms with E-state index in [4.69, 9.17) is 9.72 Å². The molecule has 1 aromatic heterocycles. The van der Waals surface area contributed by atoms with Gasteiger partial charge in [0.15, 0.2) is 5.13 Å². The Morgan fingerprint density at radius 3 is 2.48 bits per heavy atom. The van der Waals surface area contributed by atoms with Crippen molar-refractivity contribution in [2.45, 2.75) is 43.4 Å². The van der Waals surface area contributed by atoms with Gasteiger partial charge < -0.3 is 4.74 Å². The number of fused-ring (bicyclic) bond motifs is 1. The zero-order valence-electron chi connectivity index (χ0n) is 19.3. The summed E-state index contributed by atoms with van der Waals surface area (Å²) in [7, 11) is 0. The predicted octanol–water partition coefficient (Wildman–Crippen LogP) is 5.32.